The molecule has 1 N–H and O–H groups in total. The first-order valence-corrected chi connectivity index (χ1v) is 5.83. The third-order valence-electron chi connectivity index (χ3n) is 2.71. The summed E-state index contributed by atoms with van der Waals surface area (Å²) in [5, 5.41) is 11.3. The van der Waals surface area contributed by atoms with Crippen molar-refractivity contribution in [1.82, 2.24) is 0 Å². The maximum absolute atomic E-state index is 13.4. The van der Waals surface area contributed by atoms with Gasteiger partial charge in [-0.2, -0.15) is 5.26 Å². The molecule has 2 aromatic carbocycles. The van der Waals surface area contributed by atoms with E-state index in [1.54, 1.807) is 12.1 Å². The summed E-state index contributed by atoms with van der Waals surface area (Å²) in [7, 11) is 0. The Hall–Kier alpha value is -2.74. The molecule has 20 heavy (non-hydrogen) atoms. The third kappa shape index (κ3) is 2.98. The molecular weight excluding hydrogens is 262 g/mol. The van der Waals surface area contributed by atoms with Gasteiger partial charge in [0.2, 0.25) is 5.91 Å². The second-order valence-corrected chi connectivity index (χ2v) is 4.09. The van der Waals surface area contributed by atoms with Crippen LogP contribution in [-0.2, 0) is 11.2 Å². The van der Waals surface area contributed by atoms with E-state index in [2.05, 4.69) is 5.32 Å². The van der Waals surface area contributed by atoms with Crippen LogP contribution in [0.15, 0.2) is 42.5 Å². The van der Waals surface area contributed by atoms with Gasteiger partial charge in [-0.05, 0) is 23.8 Å². The molecule has 3 nitrogen and oxygen atoms in total. The van der Waals surface area contributed by atoms with E-state index in [9.17, 15) is 13.6 Å². The average molecular weight is 272 g/mol. The smallest absolute Gasteiger partial charge is 0.228 e. The topological polar surface area (TPSA) is 52.9 Å². The van der Waals surface area contributed by atoms with Gasteiger partial charge in [-0.25, -0.2) is 8.78 Å². The highest BCUT2D eigenvalue weighted by molar-refractivity contribution is 5.93. The van der Waals surface area contributed by atoms with Gasteiger partial charge < -0.3 is 5.32 Å². The van der Waals surface area contributed by atoms with E-state index in [0.717, 1.165) is 6.07 Å². The van der Waals surface area contributed by atoms with Crippen LogP contribution in [-0.4, -0.2) is 5.91 Å². The Morgan fingerprint density at radius 1 is 1.10 bits per heavy atom. The van der Waals surface area contributed by atoms with Crippen molar-refractivity contribution in [3.8, 4) is 6.07 Å². The van der Waals surface area contributed by atoms with Crippen molar-refractivity contribution in [3.05, 3.63) is 65.2 Å². The lowest BCUT2D eigenvalue weighted by molar-refractivity contribution is -0.115. The Balaban J connectivity index is 2.16. The number of rotatable bonds is 3. The van der Waals surface area contributed by atoms with E-state index in [4.69, 9.17) is 5.26 Å². The van der Waals surface area contributed by atoms with Crippen LogP contribution in [0.5, 0.6) is 0 Å². The lowest BCUT2D eigenvalue weighted by Gasteiger charge is -2.08. The zero-order valence-electron chi connectivity index (χ0n) is 10.4. The van der Waals surface area contributed by atoms with Crippen molar-refractivity contribution < 1.29 is 13.6 Å². The molecule has 0 atom stereocenters. The standard InChI is InChI=1S/C15H10F2N2O/c16-12-5-2-1-4-10(12)8-15(20)19-14-7-3-6-13(17)11(14)9-18/h1-7H,8H2,(H,19,20). The lowest BCUT2D eigenvalue weighted by Crippen LogP contribution is -2.16. The van der Waals surface area contributed by atoms with Gasteiger partial charge >= 0.3 is 0 Å². The lowest BCUT2D eigenvalue weighted by atomic mass is 10.1. The molecule has 0 fully saturated rings. The summed E-state index contributed by atoms with van der Waals surface area (Å²) in [4.78, 5) is 11.8. The number of hydrogen-bond acceptors (Lipinski definition) is 2. The third-order valence-corrected chi connectivity index (χ3v) is 2.71. The molecule has 0 saturated carbocycles. The fraction of sp³-hybridized carbons (Fsp3) is 0.0667. The van der Waals surface area contributed by atoms with E-state index in [-0.39, 0.29) is 23.2 Å². The maximum atomic E-state index is 13.4. The number of nitrogens with zero attached hydrogens (tertiary/aromatic N) is 1. The molecule has 2 rings (SSSR count). The Morgan fingerprint density at radius 3 is 2.50 bits per heavy atom. The highest BCUT2D eigenvalue weighted by atomic mass is 19.1. The molecule has 5 heteroatoms. The van der Waals surface area contributed by atoms with E-state index >= 15 is 0 Å². The van der Waals surface area contributed by atoms with Crippen molar-refractivity contribution in [1.29, 1.82) is 5.26 Å². The van der Waals surface area contributed by atoms with Crippen molar-refractivity contribution in [2.45, 2.75) is 6.42 Å². The number of carbonyl (C=O) groups excluding carboxylic acids is 1. The summed E-state index contributed by atoms with van der Waals surface area (Å²) in [5.41, 5.74) is 0.0723. The molecule has 1 amide bonds. The van der Waals surface area contributed by atoms with Crippen LogP contribution in [0.25, 0.3) is 0 Å². The van der Waals surface area contributed by atoms with Gasteiger partial charge in [-0.3, -0.25) is 4.79 Å². The zero-order valence-corrected chi connectivity index (χ0v) is 10.4. The Bertz CT molecular complexity index is 693. The van der Waals surface area contributed by atoms with E-state index in [1.165, 1.54) is 30.3 Å². The minimum absolute atomic E-state index is 0.0776. The summed E-state index contributed by atoms with van der Waals surface area (Å²) in [6, 6.07) is 11.5. The van der Waals surface area contributed by atoms with Crippen LogP contribution in [0.1, 0.15) is 11.1 Å². The van der Waals surface area contributed by atoms with Gasteiger partial charge in [0.05, 0.1) is 12.1 Å². The largest absolute Gasteiger partial charge is 0.325 e. The quantitative estimate of drug-likeness (QED) is 0.933. The van der Waals surface area contributed by atoms with Crippen LogP contribution in [0, 0.1) is 23.0 Å². The van der Waals surface area contributed by atoms with Gasteiger partial charge in [0.25, 0.3) is 0 Å². The predicted octanol–water partition coefficient (Wildman–Crippen LogP) is 3.02. The molecule has 0 bridgehead atoms. The SMILES string of the molecule is N#Cc1c(F)cccc1NC(=O)Cc1ccccc1F. The highest BCUT2D eigenvalue weighted by Crippen LogP contribution is 2.18. The summed E-state index contributed by atoms with van der Waals surface area (Å²) >= 11 is 0. The van der Waals surface area contributed by atoms with Gasteiger partial charge in [0, 0.05) is 0 Å². The molecule has 0 spiro atoms. The second-order valence-electron chi connectivity index (χ2n) is 4.09. The second kappa shape index (κ2) is 5.93. The van der Waals surface area contributed by atoms with Crippen LogP contribution in [0.4, 0.5) is 14.5 Å². The van der Waals surface area contributed by atoms with Crippen LogP contribution in [0.2, 0.25) is 0 Å². The number of hydrogen-bond donors (Lipinski definition) is 1. The molecular formula is C15H10F2N2O. The van der Waals surface area contributed by atoms with Crippen molar-refractivity contribution in [2.24, 2.45) is 0 Å². The summed E-state index contributed by atoms with van der Waals surface area (Å²) in [5.74, 6) is -1.71. The number of halogens is 2. The summed E-state index contributed by atoms with van der Waals surface area (Å²) < 4.78 is 26.8. The first-order valence-electron chi connectivity index (χ1n) is 5.83. The normalized spacial score (nSPS) is 9.85. The molecule has 0 aromatic heterocycles. The van der Waals surface area contributed by atoms with Gasteiger partial charge in [0.1, 0.15) is 23.3 Å². The number of nitrogens with one attached hydrogen (secondary N) is 1. The van der Waals surface area contributed by atoms with Crippen molar-refractivity contribution in [2.75, 3.05) is 5.32 Å². The summed E-state index contributed by atoms with van der Waals surface area (Å²) in [6.07, 6.45) is -0.186. The minimum Gasteiger partial charge on any atom is -0.325 e. The van der Waals surface area contributed by atoms with E-state index in [1.807, 2.05) is 0 Å². The van der Waals surface area contributed by atoms with Gasteiger partial charge in [-0.15, -0.1) is 0 Å². The molecule has 2 aromatic rings. The highest BCUT2D eigenvalue weighted by Gasteiger charge is 2.12. The molecule has 0 aliphatic rings. The number of anilines is 1. The first-order chi connectivity index (χ1) is 9.61. The predicted molar refractivity (Wildman–Crippen MR) is 69.8 cm³/mol. The number of nitriles is 1. The van der Waals surface area contributed by atoms with E-state index < -0.39 is 17.5 Å². The Morgan fingerprint density at radius 2 is 1.80 bits per heavy atom. The minimum atomic E-state index is -0.712. The summed E-state index contributed by atoms with van der Waals surface area (Å²) in [6.45, 7) is 0. The molecule has 0 heterocycles. The molecule has 100 valence electrons. The molecule has 0 aliphatic carbocycles. The van der Waals surface area contributed by atoms with Gasteiger partial charge in [0.15, 0.2) is 0 Å². The fourth-order valence-corrected chi connectivity index (χ4v) is 1.75. The van der Waals surface area contributed by atoms with Crippen LogP contribution < -0.4 is 5.32 Å². The maximum Gasteiger partial charge on any atom is 0.228 e. The monoisotopic (exact) mass is 272 g/mol. The Labute approximate surface area is 114 Å². The average Bonchev–Trinajstić information content (AvgIpc) is 2.42. The van der Waals surface area contributed by atoms with Crippen LogP contribution in [0.3, 0.4) is 0 Å². The molecule has 0 saturated heterocycles. The van der Waals surface area contributed by atoms with Gasteiger partial charge in [-0.1, -0.05) is 24.3 Å². The molecule has 0 unspecified atom stereocenters. The number of benzene rings is 2. The van der Waals surface area contributed by atoms with E-state index in [0.29, 0.717) is 0 Å². The zero-order chi connectivity index (χ0) is 14.5. The van der Waals surface area contributed by atoms with Crippen molar-refractivity contribution in [3.63, 3.8) is 0 Å². The Kier molecular flexibility index (Phi) is 4.06. The van der Waals surface area contributed by atoms with Crippen LogP contribution >= 0.6 is 0 Å². The first kappa shape index (κ1) is 13.7. The molecule has 0 radical (unpaired) electrons. The fourth-order valence-electron chi connectivity index (χ4n) is 1.75. The number of amides is 1. The number of carbonyl (C=O) groups is 1. The molecule has 0 aliphatic heterocycles. The van der Waals surface area contributed by atoms with Crippen molar-refractivity contribution >= 4 is 11.6 Å².